The fourth-order valence-corrected chi connectivity index (χ4v) is 2.21. The van der Waals surface area contributed by atoms with E-state index in [1.807, 2.05) is 19.1 Å². The number of pyridine rings is 1. The third-order valence-corrected chi connectivity index (χ3v) is 3.51. The van der Waals surface area contributed by atoms with E-state index in [1.165, 1.54) is 6.07 Å². The topological polar surface area (TPSA) is 48.1 Å². The predicted octanol–water partition coefficient (Wildman–Crippen LogP) is 3.84. The molecular formula is C15H16BrFN2O. The molecule has 2 aromatic rings. The molecule has 0 aliphatic rings. The Bertz CT molecular complexity index is 565. The second kappa shape index (κ2) is 6.81. The molecule has 1 heterocycles. The van der Waals surface area contributed by atoms with Gasteiger partial charge in [-0.3, -0.25) is 4.98 Å². The van der Waals surface area contributed by atoms with Gasteiger partial charge >= 0.3 is 0 Å². The number of rotatable bonds is 5. The molecule has 20 heavy (non-hydrogen) atoms. The largest absolute Gasteiger partial charge is 0.481 e. The van der Waals surface area contributed by atoms with Crippen molar-refractivity contribution >= 4 is 15.9 Å². The maximum atomic E-state index is 13.8. The van der Waals surface area contributed by atoms with Crippen LogP contribution in [0, 0.1) is 5.82 Å². The number of hydrogen-bond acceptors (Lipinski definition) is 3. The Hall–Kier alpha value is -1.46. The van der Waals surface area contributed by atoms with Gasteiger partial charge in [-0.05, 0) is 30.7 Å². The standard InChI is InChI=1S/C15H16BrFN2O/c1-2-13(18)15(10-4-3-7-19-9-10)20-14-8-11(16)5-6-12(14)17/h3-9,13,15H,2,18H2,1H3. The molecule has 0 aliphatic carbocycles. The smallest absolute Gasteiger partial charge is 0.165 e. The van der Waals surface area contributed by atoms with Crippen LogP contribution in [0.15, 0.2) is 47.2 Å². The van der Waals surface area contributed by atoms with Crippen molar-refractivity contribution in [1.29, 1.82) is 0 Å². The van der Waals surface area contributed by atoms with Crippen LogP contribution in [0.5, 0.6) is 5.75 Å². The summed E-state index contributed by atoms with van der Waals surface area (Å²) in [6, 6.07) is 8.03. The third kappa shape index (κ3) is 3.55. The molecule has 2 N–H and O–H groups in total. The maximum Gasteiger partial charge on any atom is 0.165 e. The fourth-order valence-electron chi connectivity index (χ4n) is 1.87. The highest BCUT2D eigenvalue weighted by molar-refractivity contribution is 9.10. The lowest BCUT2D eigenvalue weighted by molar-refractivity contribution is 0.163. The normalized spacial score (nSPS) is 13.8. The van der Waals surface area contributed by atoms with Crippen molar-refractivity contribution in [2.75, 3.05) is 0 Å². The van der Waals surface area contributed by atoms with E-state index in [-0.39, 0.29) is 11.8 Å². The SMILES string of the molecule is CCC(N)C(Oc1cc(Br)ccc1F)c1cccnc1. The van der Waals surface area contributed by atoms with E-state index in [1.54, 1.807) is 24.5 Å². The average molecular weight is 339 g/mol. The number of nitrogens with two attached hydrogens (primary N) is 1. The molecule has 1 aromatic heterocycles. The van der Waals surface area contributed by atoms with Crippen LogP contribution >= 0.6 is 15.9 Å². The summed E-state index contributed by atoms with van der Waals surface area (Å²) in [5, 5.41) is 0. The molecule has 5 heteroatoms. The first-order valence-corrected chi connectivity index (χ1v) is 7.18. The van der Waals surface area contributed by atoms with Crippen molar-refractivity contribution in [3.63, 3.8) is 0 Å². The molecular weight excluding hydrogens is 323 g/mol. The van der Waals surface area contributed by atoms with E-state index >= 15 is 0 Å². The van der Waals surface area contributed by atoms with Crippen LogP contribution in [-0.4, -0.2) is 11.0 Å². The molecule has 0 saturated carbocycles. The second-order valence-corrected chi connectivity index (χ2v) is 5.39. The Morgan fingerprint density at radius 2 is 2.20 bits per heavy atom. The number of nitrogens with zero attached hydrogens (tertiary/aromatic N) is 1. The molecule has 0 spiro atoms. The lowest BCUT2D eigenvalue weighted by Crippen LogP contribution is -2.31. The van der Waals surface area contributed by atoms with Crippen LogP contribution in [0.1, 0.15) is 25.0 Å². The second-order valence-electron chi connectivity index (χ2n) is 4.47. The van der Waals surface area contributed by atoms with Gasteiger partial charge in [-0.1, -0.05) is 28.9 Å². The molecule has 0 fully saturated rings. The molecule has 3 nitrogen and oxygen atoms in total. The molecule has 1 aromatic carbocycles. The monoisotopic (exact) mass is 338 g/mol. The minimum atomic E-state index is -0.433. The lowest BCUT2D eigenvalue weighted by atomic mass is 10.0. The molecule has 2 unspecified atom stereocenters. The van der Waals surface area contributed by atoms with Gasteiger partial charge in [0.05, 0.1) is 0 Å². The van der Waals surface area contributed by atoms with E-state index in [9.17, 15) is 4.39 Å². The van der Waals surface area contributed by atoms with Crippen molar-refractivity contribution in [2.24, 2.45) is 5.73 Å². The van der Waals surface area contributed by atoms with Crippen LogP contribution < -0.4 is 10.5 Å². The predicted molar refractivity (Wildman–Crippen MR) is 80.0 cm³/mol. The van der Waals surface area contributed by atoms with Crippen LogP contribution in [0.3, 0.4) is 0 Å². The molecule has 2 rings (SSSR count). The van der Waals surface area contributed by atoms with E-state index in [0.29, 0.717) is 0 Å². The molecule has 106 valence electrons. The summed E-state index contributed by atoms with van der Waals surface area (Å²) < 4.78 is 20.4. The van der Waals surface area contributed by atoms with Crippen LogP contribution in [0.25, 0.3) is 0 Å². The van der Waals surface area contributed by atoms with Crippen LogP contribution in [-0.2, 0) is 0 Å². The summed E-state index contributed by atoms with van der Waals surface area (Å²) in [5.74, 6) is -0.234. The highest BCUT2D eigenvalue weighted by Gasteiger charge is 2.22. The van der Waals surface area contributed by atoms with Gasteiger partial charge in [0.2, 0.25) is 0 Å². The Morgan fingerprint density at radius 1 is 1.40 bits per heavy atom. The van der Waals surface area contributed by atoms with Crippen molar-refractivity contribution in [3.8, 4) is 5.75 Å². The number of aromatic nitrogens is 1. The van der Waals surface area contributed by atoms with Gasteiger partial charge in [0.25, 0.3) is 0 Å². The molecule has 0 bridgehead atoms. The first-order valence-electron chi connectivity index (χ1n) is 6.39. The zero-order valence-electron chi connectivity index (χ0n) is 11.1. The fraction of sp³-hybridized carbons (Fsp3) is 0.267. The summed E-state index contributed by atoms with van der Waals surface area (Å²) >= 11 is 3.31. The quantitative estimate of drug-likeness (QED) is 0.900. The number of benzene rings is 1. The van der Waals surface area contributed by atoms with Crippen molar-refractivity contribution in [2.45, 2.75) is 25.5 Å². The van der Waals surface area contributed by atoms with Crippen LogP contribution in [0.4, 0.5) is 4.39 Å². The first-order chi connectivity index (χ1) is 9.61. The summed E-state index contributed by atoms with van der Waals surface area (Å²) in [7, 11) is 0. The Kier molecular flexibility index (Phi) is 5.09. The van der Waals surface area contributed by atoms with Gasteiger partial charge < -0.3 is 10.5 Å². The number of hydrogen-bond donors (Lipinski definition) is 1. The summed E-state index contributed by atoms with van der Waals surface area (Å²) in [6.45, 7) is 1.97. The Morgan fingerprint density at radius 3 is 2.85 bits per heavy atom. The van der Waals surface area contributed by atoms with Gasteiger partial charge in [-0.25, -0.2) is 4.39 Å². The minimum Gasteiger partial charge on any atom is -0.481 e. The van der Waals surface area contributed by atoms with E-state index < -0.39 is 11.9 Å². The highest BCUT2D eigenvalue weighted by Crippen LogP contribution is 2.29. The highest BCUT2D eigenvalue weighted by atomic mass is 79.9. The number of halogens is 2. The number of ether oxygens (including phenoxy) is 1. The van der Waals surface area contributed by atoms with Gasteiger partial charge in [-0.2, -0.15) is 0 Å². The molecule has 0 amide bonds. The van der Waals surface area contributed by atoms with Gasteiger partial charge in [0.1, 0.15) is 6.10 Å². The van der Waals surface area contributed by atoms with E-state index in [2.05, 4.69) is 20.9 Å². The van der Waals surface area contributed by atoms with Crippen molar-refractivity contribution in [3.05, 3.63) is 58.6 Å². The molecule has 0 saturated heterocycles. The average Bonchev–Trinajstić information content (AvgIpc) is 2.48. The molecule has 2 atom stereocenters. The summed E-state index contributed by atoms with van der Waals surface area (Å²) in [5.41, 5.74) is 6.93. The third-order valence-electron chi connectivity index (χ3n) is 3.02. The zero-order valence-corrected chi connectivity index (χ0v) is 12.7. The van der Waals surface area contributed by atoms with Gasteiger partial charge in [0, 0.05) is 28.5 Å². The van der Waals surface area contributed by atoms with Gasteiger partial charge in [-0.15, -0.1) is 0 Å². The zero-order chi connectivity index (χ0) is 14.5. The summed E-state index contributed by atoms with van der Waals surface area (Å²) in [6.07, 6.45) is 3.65. The van der Waals surface area contributed by atoms with Gasteiger partial charge in [0.15, 0.2) is 11.6 Å². The minimum absolute atomic E-state index is 0.178. The van der Waals surface area contributed by atoms with Crippen molar-refractivity contribution < 1.29 is 9.13 Å². The summed E-state index contributed by atoms with van der Waals surface area (Å²) in [4.78, 5) is 4.07. The Labute approximate surface area is 126 Å². The maximum absolute atomic E-state index is 13.8. The first kappa shape index (κ1) is 14.9. The van der Waals surface area contributed by atoms with E-state index in [4.69, 9.17) is 10.5 Å². The van der Waals surface area contributed by atoms with Crippen molar-refractivity contribution in [1.82, 2.24) is 4.98 Å². The van der Waals surface area contributed by atoms with Crippen LogP contribution in [0.2, 0.25) is 0 Å². The Balaban J connectivity index is 2.31. The molecule has 0 radical (unpaired) electrons. The molecule has 0 aliphatic heterocycles. The van der Waals surface area contributed by atoms with E-state index in [0.717, 1.165) is 16.5 Å². The lowest BCUT2D eigenvalue weighted by Gasteiger charge is -2.24.